The Morgan fingerprint density at radius 1 is 1.35 bits per heavy atom. The number of amidine groups is 1. The van der Waals surface area contributed by atoms with Gasteiger partial charge in [-0.1, -0.05) is 0 Å². The summed E-state index contributed by atoms with van der Waals surface area (Å²) in [6.45, 7) is 3.89. The molecule has 0 spiro atoms. The molecular weight excluding hydrogens is 292 g/mol. The van der Waals surface area contributed by atoms with Crippen molar-refractivity contribution in [2.24, 2.45) is 12.0 Å². The van der Waals surface area contributed by atoms with Gasteiger partial charge in [-0.2, -0.15) is 21.9 Å². The minimum atomic E-state index is -0.133. The summed E-state index contributed by atoms with van der Waals surface area (Å²) in [6, 6.07) is 0. The number of carbonyl (C=O) groups is 1. The lowest BCUT2D eigenvalue weighted by Gasteiger charge is -2.26. The predicted molar refractivity (Wildman–Crippen MR) is 84.9 cm³/mol. The highest BCUT2D eigenvalue weighted by Gasteiger charge is 2.27. The summed E-state index contributed by atoms with van der Waals surface area (Å²) in [7, 11) is 1.88. The van der Waals surface area contributed by atoms with E-state index in [2.05, 4.69) is 15.0 Å². The number of carbonyl (C=O) groups excluding carboxylic acids is 1. The number of rotatable bonds is 1. The summed E-state index contributed by atoms with van der Waals surface area (Å²) in [5.41, 5.74) is 1.91. The van der Waals surface area contributed by atoms with E-state index in [1.165, 1.54) is 11.8 Å². The van der Waals surface area contributed by atoms with E-state index in [0.717, 1.165) is 41.0 Å². The second kappa shape index (κ2) is 5.65. The molecule has 0 saturated carbocycles. The fourth-order valence-corrected chi connectivity index (χ4v) is 4.05. The molecule has 0 bridgehead atoms. The van der Waals surface area contributed by atoms with Gasteiger partial charge >= 0.3 is 0 Å². The van der Waals surface area contributed by atoms with Crippen LogP contribution in [-0.2, 0) is 11.8 Å². The average molecular weight is 308 g/mol. The zero-order valence-corrected chi connectivity index (χ0v) is 13.1. The highest BCUT2D eigenvalue weighted by Crippen LogP contribution is 2.31. The molecule has 7 heteroatoms. The van der Waals surface area contributed by atoms with Crippen LogP contribution in [-0.4, -0.2) is 50.4 Å². The second-order valence-corrected chi connectivity index (χ2v) is 6.99. The number of aliphatic imine (C=N–C) groups is 1. The molecule has 3 heterocycles. The molecule has 1 aromatic rings. The second-order valence-electron chi connectivity index (χ2n) is 4.75. The zero-order chi connectivity index (χ0) is 14.1. The molecule has 1 amide bonds. The van der Waals surface area contributed by atoms with Gasteiger partial charge in [0.05, 0.1) is 10.6 Å². The van der Waals surface area contributed by atoms with Crippen molar-refractivity contribution in [2.45, 2.75) is 6.92 Å². The summed E-state index contributed by atoms with van der Waals surface area (Å²) in [4.78, 5) is 19.1. The van der Waals surface area contributed by atoms with Gasteiger partial charge in [-0.3, -0.25) is 9.48 Å². The molecule has 0 aliphatic carbocycles. The van der Waals surface area contributed by atoms with Gasteiger partial charge in [0.2, 0.25) is 0 Å². The molecule has 2 aliphatic rings. The van der Waals surface area contributed by atoms with E-state index >= 15 is 0 Å². The molecule has 1 aromatic heterocycles. The number of aromatic nitrogens is 2. The maximum Gasteiger partial charge on any atom is 0.286 e. The summed E-state index contributed by atoms with van der Waals surface area (Å²) >= 11 is 3.43. The molecule has 0 unspecified atom stereocenters. The first-order valence-electron chi connectivity index (χ1n) is 6.49. The van der Waals surface area contributed by atoms with Gasteiger partial charge in [-0.25, -0.2) is 0 Å². The van der Waals surface area contributed by atoms with Crippen molar-refractivity contribution >= 4 is 40.7 Å². The molecule has 5 nitrogen and oxygen atoms in total. The number of thioether (sulfide) groups is 2. The summed E-state index contributed by atoms with van der Waals surface area (Å²) in [5.74, 6) is 2.08. The van der Waals surface area contributed by atoms with Gasteiger partial charge in [-0.15, -0.1) is 0 Å². The first-order valence-corrected chi connectivity index (χ1v) is 8.46. The zero-order valence-electron chi connectivity index (χ0n) is 11.5. The van der Waals surface area contributed by atoms with Crippen LogP contribution < -0.4 is 0 Å². The maximum atomic E-state index is 12.0. The highest BCUT2D eigenvalue weighted by molar-refractivity contribution is 8.18. The first kappa shape index (κ1) is 13.8. The van der Waals surface area contributed by atoms with Crippen LogP contribution in [0.1, 0.15) is 11.3 Å². The highest BCUT2D eigenvalue weighted by atomic mass is 32.2. The summed E-state index contributed by atoms with van der Waals surface area (Å²) < 4.78 is 1.76. The monoisotopic (exact) mass is 308 g/mol. The molecule has 20 heavy (non-hydrogen) atoms. The topological polar surface area (TPSA) is 50.5 Å². The Kier molecular flexibility index (Phi) is 3.89. The minimum absolute atomic E-state index is 0.133. The lowest BCUT2D eigenvalue weighted by Crippen LogP contribution is -2.35. The molecule has 0 aromatic carbocycles. The van der Waals surface area contributed by atoms with E-state index in [0.29, 0.717) is 4.91 Å². The van der Waals surface area contributed by atoms with Crippen LogP contribution in [0.15, 0.2) is 16.1 Å². The Hall–Kier alpha value is -1.21. The van der Waals surface area contributed by atoms with Crippen LogP contribution in [0.2, 0.25) is 0 Å². The molecule has 2 aliphatic heterocycles. The number of nitrogens with zero attached hydrogens (tertiary/aromatic N) is 4. The van der Waals surface area contributed by atoms with E-state index in [1.54, 1.807) is 4.68 Å². The Bertz CT molecular complexity index is 600. The lowest BCUT2D eigenvalue weighted by atomic mass is 10.2. The predicted octanol–water partition coefficient (Wildman–Crippen LogP) is 1.75. The summed E-state index contributed by atoms with van der Waals surface area (Å²) in [6.07, 6.45) is 3.82. The van der Waals surface area contributed by atoms with E-state index in [-0.39, 0.29) is 5.91 Å². The quantitative estimate of drug-likeness (QED) is 0.740. The van der Waals surface area contributed by atoms with Gasteiger partial charge in [-0.05, 0) is 24.8 Å². The molecule has 0 N–H and O–H groups in total. The third-order valence-electron chi connectivity index (χ3n) is 3.23. The smallest absolute Gasteiger partial charge is 0.286 e. The van der Waals surface area contributed by atoms with Gasteiger partial charge < -0.3 is 4.90 Å². The molecule has 106 valence electrons. The molecule has 0 radical (unpaired) electrons. The Labute approximate surface area is 126 Å². The van der Waals surface area contributed by atoms with Crippen LogP contribution >= 0.6 is 23.5 Å². The van der Waals surface area contributed by atoms with Crippen molar-refractivity contribution in [2.75, 3.05) is 24.6 Å². The van der Waals surface area contributed by atoms with Gasteiger partial charge in [0.1, 0.15) is 0 Å². The fourth-order valence-electron chi connectivity index (χ4n) is 2.19. The van der Waals surface area contributed by atoms with Crippen LogP contribution in [0.3, 0.4) is 0 Å². The number of aryl methyl sites for hydroxylation is 2. The Morgan fingerprint density at radius 3 is 2.75 bits per heavy atom. The van der Waals surface area contributed by atoms with Crippen molar-refractivity contribution in [1.82, 2.24) is 14.7 Å². The SMILES string of the molecule is Cc1nn(C)cc1C=C1SC(N2CCSCC2)=NC1=O. The molecule has 1 saturated heterocycles. The molecule has 3 rings (SSSR count). The molecule has 0 atom stereocenters. The normalized spacial score (nSPS) is 21.7. The Morgan fingerprint density at radius 2 is 2.10 bits per heavy atom. The van der Waals surface area contributed by atoms with E-state index in [1.807, 2.05) is 38.0 Å². The van der Waals surface area contributed by atoms with Crippen molar-refractivity contribution < 1.29 is 4.79 Å². The van der Waals surface area contributed by atoms with Crippen molar-refractivity contribution in [3.05, 3.63) is 22.4 Å². The van der Waals surface area contributed by atoms with E-state index in [9.17, 15) is 4.79 Å². The van der Waals surface area contributed by atoms with Crippen molar-refractivity contribution in [3.8, 4) is 0 Å². The van der Waals surface area contributed by atoms with Crippen molar-refractivity contribution in [3.63, 3.8) is 0 Å². The van der Waals surface area contributed by atoms with Crippen LogP contribution in [0, 0.1) is 6.92 Å². The van der Waals surface area contributed by atoms with Gasteiger partial charge in [0.25, 0.3) is 5.91 Å². The maximum absolute atomic E-state index is 12.0. The minimum Gasteiger partial charge on any atom is -0.349 e. The van der Waals surface area contributed by atoms with E-state index in [4.69, 9.17) is 0 Å². The van der Waals surface area contributed by atoms with Crippen molar-refractivity contribution in [1.29, 1.82) is 0 Å². The number of hydrogen-bond acceptors (Lipinski definition) is 5. The third-order valence-corrected chi connectivity index (χ3v) is 5.22. The average Bonchev–Trinajstić information content (AvgIpc) is 2.95. The van der Waals surface area contributed by atoms with E-state index < -0.39 is 0 Å². The largest absolute Gasteiger partial charge is 0.349 e. The summed E-state index contributed by atoms with van der Waals surface area (Å²) in [5, 5.41) is 5.14. The Balaban J connectivity index is 1.77. The van der Waals surface area contributed by atoms with Gasteiger partial charge in [0, 0.05) is 43.4 Å². The molecule has 1 fully saturated rings. The van der Waals surface area contributed by atoms with Crippen LogP contribution in [0.25, 0.3) is 6.08 Å². The first-order chi connectivity index (χ1) is 9.63. The molecular formula is C13H16N4OS2. The lowest BCUT2D eigenvalue weighted by molar-refractivity contribution is -0.113. The van der Waals surface area contributed by atoms with Crippen LogP contribution in [0.5, 0.6) is 0 Å². The standard InChI is InChI=1S/C13H16N4OS2/c1-9-10(8-16(2)15-9)7-11-12(18)14-13(20-11)17-3-5-19-6-4-17/h7-8H,3-6H2,1-2H3. The van der Waals surface area contributed by atoms with Gasteiger partial charge in [0.15, 0.2) is 5.17 Å². The number of amides is 1. The fraction of sp³-hybridized carbons (Fsp3) is 0.462. The van der Waals surface area contributed by atoms with Crippen LogP contribution in [0.4, 0.5) is 0 Å². The number of hydrogen-bond donors (Lipinski definition) is 0. The third kappa shape index (κ3) is 2.78.